The van der Waals surface area contributed by atoms with Gasteiger partial charge in [0, 0.05) is 42.3 Å². The molecule has 1 aromatic carbocycles. The van der Waals surface area contributed by atoms with Gasteiger partial charge >= 0.3 is 0 Å². The highest BCUT2D eigenvalue weighted by atomic mass is 79.9. The summed E-state index contributed by atoms with van der Waals surface area (Å²) in [5.41, 5.74) is 1.12. The minimum Gasteiger partial charge on any atom is -0.508 e. The van der Waals surface area contributed by atoms with Gasteiger partial charge in [-0.25, -0.2) is 0 Å². The van der Waals surface area contributed by atoms with Gasteiger partial charge < -0.3 is 10.4 Å². The smallest absolute Gasteiger partial charge is 0.121 e. The van der Waals surface area contributed by atoms with Gasteiger partial charge in [0.15, 0.2) is 0 Å². The Labute approximate surface area is 135 Å². The number of nitrogens with zero attached hydrogens (tertiary/aromatic N) is 1. The number of benzene rings is 1. The van der Waals surface area contributed by atoms with Crippen LogP contribution in [0, 0.1) is 5.92 Å². The quantitative estimate of drug-likeness (QED) is 0.870. The summed E-state index contributed by atoms with van der Waals surface area (Å²) in [5, 5.41) is 13.9. The number of hydrogen-bond acceptors (Lipinski definition) is 3. The van der Waals surface area contributed by atoms with Crippen molar-refractivity contribution < 1.29 is 5.11 Å². The molecule has 21 heavy (non-hydrogen) atoms. The molecular weight excluding hydrogens is 328 g/mol. The van der Waals surface area contributed by atoms with E-state index in [0.29, 0.717) is 17.7 Å². The van der Waals surface area contributed by atoms with Crippen LogP contribution in [0.3, 0.4) is 0 Å². The van der Waals surface area contributed by atoms with Crippen molar-refractivity contribution in [3.05, 3.63) is 28.2 Å². The zero-order valence-corrected chi connectivity index (χ0v) is 14.1. The molecule has 1 saturated heterocycles. The summed E-state index contributed by atoms with van der Waals surface area (Å²) in [7, 11) is 0. The standard InChI is InChI=1S/C17H25BrN2O/c18-14-6-7-15(16(21)12-14)17(13-4-2-1-3-5-13)20-10-8-19-9-11-20/h6-7,12-13,17,19,21H,1-5,8-11H2/t17-/m0/s1. The van der Waals surface area contributed by atoms with Gasteiger partial charge in [-0.1, -0.05) is 41.3 Å². The fraction of sp³-hybridized carbons (Fsp3) is 0.647. The van der Waals surface area contributed by atoms with Crippen LogP contribution in [0.5, 0.6) is 5.75 Å². The predicted octanol–water partition coefficient (Wildman–Crippen LogP) is 3.68. The Balaban J connectivity index is 1.89. The number of aromatic hydroxyl groups is 1. The number of halogens is 1. The van der Waals surface area contributed by atoms with Gasteiger partial charge in [0.05, 0.1) is 0 Å². The number of hydrogen-bond donors (Lipinski definition) is 2. The average molecular weight is 353 g/mol. The molecule has 1 saturated carbocycles. The fourth-order valence-corrected chi connectivity index (χ4v) is 4.27. The molecule has 3 nitrogen and oxygen atoms in total. The highest BCUT2D eigenvalue weighted by Crippen LogP contribution is 2.42. The number of piperazine rings is 1. The minimum absolute atomic E-state index is 0.375. The van der Waals surface area contributed by atoms with Gasteiger partial charge in [-0.3, -0.25) is 4.90 Å². The third-order valence-electron chi connectivity index (χ3n) is 4.95. The molecule has 1 heterocycles. The number of phenols is 1. The zero-order chi connectivity index (χ0) is 14.7. The first-order valence-electron chi connectivity index (χ1n) is 8.19. The summed E-state index contributed by atoms with van der Waals surface area (Å²) in [4.78, 5) is 2.58. The lowest BCUT2D eigenvalue weighted by molar-refractivity contribution is 0.101. The molecule has 1 aliphatic heterocycles. The minimum atomic E-state index is 0.375. The second-order valence-electron chi connectivity index (χ2n) is 6.33. The second-order valence-corrected chi connectivity index (χ2v) is 7.25. The summed E-state index contributed by atoms with van der Waals surface area (Å²) in [6.07, 6.45) is 6.64. The van der Waals surface area contributed by atoms with Gasteiger partial charge in [0.25, 0.3) is 0 Å². The summed E-state index contributed by atoms with van der Waals surface area (Å²) in [6, 6.07) is 6.39. The van der Waals surface area contributed by atoms with Crippen LogP contribution in [-0.4, -0.2) is 36.2 Å². The normalized spacial score (nSPS) is 23.1. The number of nitrogens with one attached hydrogen (secondary N) is 1. The van der Waals surface area contributed by atoms with Crippen LogP contribution in [0.4, 0.5) is 0 Å². The van der Waals surface area contributed by atoms with Crippen LogP contribution in [0.25, 0.3) is 0 Å². The monoisotopic (exact) mass is 352 g/mol. The predicted molar refractivity (Wildman–Crippen MR) is 89.6 cm³/mol. The van der Waals surface area contributed by atoms with Crippen molar-refractivity contribution in [2.45, 2.75) is 38.1 Å². The molecule has 2 fully saturated rings. The first-order chi connectivity index (χ1) is 10.3. The first kappa shape index (κ1) is 15.3. The van der Waals surface area contributed by atoms with Crippen LogP contribution in [0.2, 0.25) is 0 Å². The maximum absolute atomic E-state index is 10.5. The third kappa shape index (κ3) is 3.61. The molecule has 0 bridgehead atoms. The van der Waals surface area contributed by atoms with Gasteiger partial charge in [0.2, 0.25) is 0 Å². The van der Waals surface area contributed by atoms with E-state index in [-0.39, 0.29) is 0 Å². The first-order valence-corrected chi connectivity index (χ1v) is 8.98. The Kier molecular flexibility index (Phi) is 5.19. The molecule has 2 N–H and O–H groups in total. The molecule has 0 spiro atoms. The Morgan fingerprint density at radius 3 is 2.52 bits per heavy atom. The number of phenolic OH excluding ortho intramolecular Hbond substituents is 1. The van der Waals surface area contributed by atoms with E-state index in [1.54, 1.807) is 0 Å². The van der Waals surface area contributed by atoms with E-state index in [2.05, 4.69) is 38.3 Å². The SMILES string of the molecule is Oc1cc(Br)ccc1[C@H](C1CCCCC1)N1CCNCC1. The maximum atomic E-state index is 10.5. The second kappa shape index (κ2) is 7.12. The van der Waals surface area contributed by atoms with Crippen LogP contribution in [0.15, 0.2) is 22.7 Å². The topological polar surface area (TPSA) is 35.5 Å². The van der Waals surface area contributed by atoms with Gasteiger partial charge in [-0.2, -0.15) is 0 Å². The van der Waals surface area contributed by atoms with Crippen LogP contribution in [-0.2, 0) is 0 Å². The number of rotatable bonds is 3. The van der Waals surface area contributed by atoms with Crippen molar-refractivity contribution in [1.82, 2.24) is 10.2 Å². The maximum Gasteiger partial charge on any atom is 0.121 e. The highest BCUT2D eigenvalue weighted by molar-refractivity contribution is 9.10. The molecule has 0 radical (unpaired) electrons. The van der Waals surface area contributed by atoms with Gasteiger partial charge in [-0.15, -0.1) is 0 Å². The third-order valence-corrected chi connectivity index (χ3v) is 5.45. The van der Waals surface area contributed by atoms with Crippen LogP contribution >= 0.6 is 15.9 Å². The molecule has 0 aromatic heterocycles. The van der Waals surface area contributed by atoms with E-state index in [1.165, 1.54) is 32.1 Å². The fourth-order valence-electron chi connectivity index (χ4n) is 3.93. The molecule has 0 amide bonds. The van der Waals surface area contributed by atoms with Gasteiger partial charge in [0.1, 0.15) is 5.75 Å². The largest absolute Gasteiger partial charge is 0.508 e. The molecule has 3 rings (SSSR count). The molecule has 4 heteroatoms. The van der Waals surface area contributed by atoms with E-state index in [0.717, 1.165) is 36.2 Å². The Bertz CT molecular complexity index is 450. The van der Waals surface area contributed by atoms with Crippen molar-refractivity contribution in [2.75, 3.05) is 26.2 Å². The molecule has 1 atom stereocenters. The van der Waals surface area contributed by atoms with Crippen molar-refractivity contribution in [1.29, 1.82) is 0 Å². The summed E-state index contributed by atoms with van der Waals surface area (Å²) < 4.78 is 0.950. The summed E-state index contributed by atoms with van der Waals surface area (Å²) >= 11 is 3.45. The molecule has 1 aliphatic carbocycles. The molecular formula is C17H25BrN2O. The van der Waals surface area contributed by atoms with E-state index in [1.807, 2.05) is 6.07 Å². The summed E-state index contributed by atoms with van der Waals surface area (Å²) in [6.45, 7) is 4.27. The lowest BCUT2D eigenvalue weighted by atomic mass is 9.80. The molecule has 1 aromatic rings. The van der Waals surface area contributed by atoms with E-state index in [9.17, 15) is 5.11 Å². The van der Waals surface area contributed by atoms with Crippen molar-refractivity contribution in [3.63, 3.8) is 0 Å². The van der Waals surface area contributed by atoms with E-state index >= 15 is 0 Å². The lowest BCUT2D eigenvalue weighted by Gasteiger charge is -2.41. The van der Waals surface area contributed by atoms with Gasteiger partial charge in [-0.05, 0) is 30.9 Å². The van der Waals surface area contributed by atoms with Crippen LogP contribution in [0.1, 0.15) is 43.7 Å². The average Bonchev–Trinajstić information content (AvgIpc) is 2.52. The van der Waals surface area contributed by atoms with Crippen molar-refractivity contribution >= 4 is 15.9 Å². The van der Waals surface area contributed by atoms with Crippen molar-refractivity contribution in [3.8, 4) is 5.75 Å². The Hall–Kier alpha value is -0.580. The highest BCUT2D eigenvalue weighted by Gasteiger charge is 2.32. The zero-order valence-electron chi connectivity index (χ0n) is 12.5. The Morgan fingerprint density at radius 1 is 1.14 bits per heavy atom. The lowest BCUT2D eigenvalue weighted by Crippen LogP contribution is -2.47. The van der Waals surface area contributed by atoms with E-state index < -0.39 is 0 Å². The van der Waals surface area contributed by atoms with Crippen LogP contribution < -0.4 is 5.32 Å². The Morgan fingerprint density at radius 2 is 1.86 bits per heavy atom. The molecule has 116 valence electrons. The molecule has 0 unspecified atom stereocenters. The summed E-state index contributed by atoms with van der Waals surface area (Å²) in [5.74, 6) is 1.13. The van der Waals surface area contributed by atoms with Crippen molar-refractivity contribution in [2.24, 2.45) is 5.92 Å². The molecule has 2 aliphatic rings. The van der Waals surface area contributed by atoms with E-state index in [4.69, 9.17) is 0 Å².